The summed E-state index contributed by atoms with van der Waals surface area (Å²) < 4.78 is 0. The predicted octanol–water partition coefficient (Wildman–Crippen LogP) is 1.99. The van der Waals surface area contributed by atoms with Crippen molar-refractivity contribution in [3.8, 4) is 5.88 Å². The summed E-state index contributed by atoms with van der Waals surface area (Å²) in [5.74, 6) is -0.367. The van der Waals surface area contributed by atoms with Crippen molar-refractivity contribution in [2.45, 2.75) is 0 Å². The summed E-state index contributed by atoms with van der Waals surface area (Å²) in [6, 6.07) is 18.4. The average molecular weight is 349 g/mol. The minimum Gasteiger partial charge on any atom is -0.494 e. The molecule has 0 aliphatic carbocycles. The molecular formula is C18H15N5O3. The summed E-state index contributed by atoms with van der Waals surface area (Å²) >= 11 is 0. The van der Waals surface area contributed by atoms with E-state index < -0.39 is 17.1 Å². The van der Waals surface area contributed by atoms with Gasteiger partial charge in [0.05, 0.1) is 5.69 Å². The van der Waals surface area contributed by atoms with E-state index in [-0.39, 0.29) is 11.5 Å². The third kappa shape index (κ3) is 4.32. The molecule has 0 unspecified atom stereocenters. The van der Waals surface area contributed by atoms with Crippen LogP contribution in [0.5, 0.6) is 5.88 Å². The first-order valence-electron chi connectivity index (χ1n) is 7.67. The van der Waals surface area contributed by atoms with E-state index in [4.69, 9.17) is 0 Å². The highest BCUT2D eigenvalue weighted by Gasteiger charge is 2.06. The van der Waals surface area contributed by atoms with E-state index >= 15 is 0 Å². The van der Waals surface area contributed by atoms with Gasteiger partial charge in [0.15, 0.2) is 0 Å². The molecule has 0 spiro atoms. The van der Waals surface area contributed by atoms with Crippen LogP contribution in [-0.4, -0.2) is 27.2 Å². The van der Waals surface area contributed by atoms with Crippen molar-refractivity contribution in [2.75, 3.05) is 5.32 Å². The second-order valence-electron chi connectivity index (χ2n) is 5.19. The topological polar surface area (TPSA) is 123 Å². The van der Waals surface area contributed by atoms with Gasteiger partial charge in [-0.05, 0) is 24.3 Å². The van der Waals surface area contributed by atoms with E-state index in [2.05, 4.69) is 20.3 Å². The molecule has 0 fully saturated rings. The molecule has 0 atom stereocenters. The van der Waals surface area contributed by atoms with Crippen LogP contribution in [0.4, 0.5) is 11.4 Å². The second-order valence-corrected chi connectivity index (χ2v) is 5.19. The Balaban J connectivity index is 1.97. The first-order chi connectivity index (χ1) is 12.6. The van der Waals surface area contributed by atoms with Gasteiger partial charge >= 0.3 is 5.69 Å². The minimum absolute atomic E-state index is 0.180. The fourth-order valence-electron chi connectivity index (χ4n) is 2.09. The van der Waals surface area contributed by atoms with Crippen LogP contribution in [0.1, 0.15) is 5.56 Å². The number of guanidine groups is 1. The van der Waals surface area contributed by atoms with Gasteiger partial charge in [0, 0.05) is 11.9 Å². The summed E-state index contributed by atoms with van der Waals surface area (Å²) in [5.41, 5.74) is -0.333. The van der Waals surface area contributed by atoms with Gasteiger partial charge in [0.25, 0.3) is 5.56 Å². The zero-order valence-corrected chi connectivity index (χ0v) is 13.5. The van der Waals surface area contributed by atoms with Crippen molar-refractivity contribution >= 4 is 23.5 Å². The molecule has 0 bridgehead atoms. The molecular weight excluding hydrogens is 334 g/mol. The lowest BCUT2D eigenvalue weighted by atomic mass is 10.3. The lowest BCUT2D eigenvalue weighted by Gasteiger charge is -2.06. The number of hydrogen-bond donors (Lipinski definition) is 4. The van der Waals surface area contributed by atoms with Crippen LogP contribution >= 0.6 is 0 Å². The lowest BCUT2D eigenvalue weighted by Crippen LogP contribution is -2.25. The Morgan fingerprint density at radius 2 is 1.62 bits per heavy atom. The van der Waals surface area contributed by atoms with Crippen LogP contribution in [0.3, 0.4) is 0 Å². The van der Waals surface area contributed by atoms with Gasteiger partial charge in [-0.25, -0.2) is 14.8 Å². The standard InChI is InChI=1S/C18H15N5O3/c24-15-14(16(25)23-18(26)22-15)11-19-17(20-12-7-3-1-4-8-12)21-13-9-5-2-6-10-13/h1-11H,(H,20,21)(H3,22,23,24,25,26). The number of aliphatic imine (C=N–C) groups is 2. The molecule has 0 aliphatic heterocycles. The Hall–Kier alpha value is -3.94. The molecule has 26 heavy (non-hydrogen) atoms. The highest BCUT2D eigenvalue weighted by atomic mass is 16.3. The largest absolute Gasteiger partial charge is 0.494 e. The summed E-state index contributed by atoms with van der Waals surface area (Å²) in [7, 11) is 0. The second kappa shape index (κ2) is 7.75. The number of hydrogen-bond acceptors (Lipinski definition) is 4. The number of aromatic nitrogens is 2. The van der Waals surface area contributed by atoms with E-state index in [0.29, 0.717) is 5.69 Å². The number of nitrogens with zero attached hydrogens (tertiary/aromatic N) is 2. The average Bonchev–Trinajstić information content (AvgIpc) is 2.62. The Kier molecular flexibility index (Phi) is 5.04. The summed E-state index contributed by atoms with van der Waals surface area (Å²) in [6.07, 6.45) is 1.13. The predicted molar refractivity (Wildman–Crippen MR) is 101 cm³/mol. The van der Waals surface area contributed by atoms with Crippen molar-refractivity contribution in [3.05, 3.63) is 87.1 Å². The van der Waals surface area contributed by atoms with Crippen LogP contribution in [0, 0.1) is 0 Å². The number of rotatable bonds is 3. The van der Waals surface area contributed by atoms with Crippen LogP contribution < -0.4 is 16.6 Å². The maximum atomic E-state index is 11.8. The number of para-hydroxylation sites is 2. The Morgan fingerprint density at radius 1 is 0.962 bits per heavy atom. The van der Waals surface area contributed by atoms with E-state index in [1.165, 1.54) is 0 Å². The molecule has 3 rings (SSSR count). The number of nitrogens with one attached hydrogen (secondary N) is 3. The minimum atomic E-state index is -0.801. The number of aromatic hydroxyl groups is 1. The first-order valence-corrected chi connectivity index (χ1v) is 7.67. The number of aromatic amines is 2. The van der Waals surface area contributed by atoms with Gasteiger partial charge in [0.2, 0.25) is 11.8 Å². The summed E-state index contributed by atoms with van der Waals surface area (Å²) in [6.45, 7) is 0. The highest BCUT2D eigenvalue weighted by molar-refractivity contribution is 6.02. The molecule has 4 N–H and O–H groups in total. The smallest absolute Gasteiger partial charge is 0.328 e. The van der Waals surface area contributed by atoms with Gasteiger partial charge in [-0.1, -0.05) is 36.4 Å². The van der Waals surface area contributed by atoms with Gasteiger partial charge < -0.3 is 10.4 Å². The summed E-state index contributed by atoms with van der Waals surface area (Å²) in [5, 5.41) is 12.8. The molecule has 2 aromatic carbocycles. The van der Waals surface area contributed by atoms with E-state index in [1.54, 1.807) is 12.1 Å². The monoisotopic (exact) mass is 349 g/mol. The van der Waals surface area contributed by atoms with Crippen molar-refractivity contribution in [1.82, 2.24) is 9.97 Å². The molecule has 130 valence electrons. The maximum Gasteiger partial charge on any atom is 0.328 e. The van der Waals surface area contributed by atoms with Gasteiger partial charge in [-0.3, -0.25) is 14.8 Å². The zero-order chi connectivity index (χ0) is 18.4. The molecule has 8 nitrogen and oxygen atoms in total. The molecule has 0 radical (unpaired) electrons. The fourth-order valence-corrected chi connectivity index (χ4v) is 2.09. The normalized spacial score (nSPS) is 11.6. The molecule has 0 saturated carbocycles. The molecule has 0 amide bonds. The van der Waals surface area contributed by atoms with Gasteiger partial charge in [-0.15, -0.1) is 0 Å². The van der Waals surface area contributed by atoms with Crippen molar-refractivity contribution in [1.29, 1.82) is 0 Å². The third-order valence-corrected chi connectivity index (χ3v) is 3.30. The van der Waals surface area contributed by atoms with Gasteiger partial charge in [-0.2, -0.15) is 0 Å². The molecule has 1 aromatic heterocycles. The molecule has 3 aromatic rings. The van der Waals surface area contributed by atoms with Crippen LogP contribution in [0.2, 0.25) is 0 Å². The van der Waals surface area contributed by atoms with Crippen LogP contribution in [0.15, 0.2) is 80.2 Å². The van der Waals surface area contributed by atoms with Crippen LogP contribution in [-0.2, 0) is 0 Å². The third-order valence-electron chi connectivity index (χ3n) is 3.30. The maximum absolute atomic E-state index is 11.8. The number of H-pyrrole nitrogens is 2. The van der Waals surface area contributed by atoms with Crippen LogP contribution in [0.25, 0.3) is 0 Å². The molecule has 0 aliphatic rings. The van der Waals surface area contributed by atoms with Crippen molar-refractivity contribution < 1.29 is 5.11 Å². The van der Waals surface area contributed by atoms with Crippen molar-refractivity contribution in [2.24, 2.45) is 9.98 Å². The van der Waals surface area contributed by atoms with Gasteiger partial charge in [0.1, 0.15) is 5.56 Å². The fraction of sp³-hybridized carbons (Fsp3) is 0. The zero-order valence-electron chi connectivity index (χ0n) is 13.5. The molecule has 1 heterocycles. The van der Waals surface area contributed by atoms with Crippen molar-refractivity contribution in [3.63, 3.8) is 0 Å². The SMILES string of the molecule is O=c1[nH]c(O)c(C=NC(=Nc2ccccc2)Nc2ccccc2)c(=O)[nH]1. The Labute approximate surface area is 147 Å². The number of benzene rings is 2. The van der Waals surface area contributed by atoms with E-state index in [0.717, 1.165) is 11.9 Å². The summed E-state index contributed by atoms with van der Waals surface area (Å²) in [4.78, 5) is 35.6. The Bertz CT molecular complexity index is 1050. The first kappa shape index (κ1) is 16.9. The van der Waals surface area contributed by atoms with E-state index in [1.807, 2.05) is 53.5 Å². The number of anilines is 1. The molecule has 0 saturated heterocycles. The quantitative estimate of drug-likeness (QED) is 0.426. The van der Waals surface area contributed by atoms with E-state index in [9.17, 15) is 14.7 Å². The highest BCUT2D eigenvalue weighted by Crippen LogP contribution is 2.13. The lowest BCUT2D eigenvalue weighted by molar-refractivity contribution is 0.447. The molecule has 8 heteroatoms. The Morgan fingerprint density at radius 3 is 2.27 bits per heavy atom.